The quantitative estimate of drug-likeness (QED) is 0.565. The second kappa shape index (κ2) is 6.49. The normalized spacial score (nSPS) is 10.6. The molecule has 0 saturated heterocycles. The van der Waals surface area contributed by atoms with Crippen LogP contribution in [-0.2, 0) is 9.53 Å². The molecule has 0 unspecified atom stereocenters. The first-order valence-electron chi connectivity index (χ1n) is 4.91. The third-order valence-corrected chi connectivity index (χ3v) is 1.83. The number of rotatable bonds is 6. The van der Waals surface area contributed by atoms with Crippen LogP contribution in [0.5, 0.6) is 0 Å². The van der Waals surface area contributed by atoms with E-state index in [9.17, 15) is 9.59 Å². The number of carboxylic acids is 1. The molecule has 0 fully saturated rings. The van der Waals surface area contributed by atoms with E-state index in [-0.39, 0.29) is 11.7 Å². The highest BCUT2D eigenvalue weighted by molar-refractivity contribution is 5.92. The van der Waals surface area contributed by atoms with Crippen molar-refractivity contribution in [2.24, 2.45) is 0 Å². The van der Waals surface area contributed by atoms with Gasteiger partial charge in [0.15, 0.2) is 5.76 Å². The maximum absolute atomic E-state index is 11.5. The van der Waals surface area contributed by atoms with Crippen LogP contribution in [0, 0.1) is 0 Å². The highest BCUT2D eigenvalue weighted by atomic mass is 16.5. The van der Waals surface area contributed by atoms with Crippen LogP contribution in [0.15, 0.2) is 22.6 Å². The first kappa shape index (κ1) is 13.0. The molecule has 17 heavy (non-hydrogen) atoms. The summed E-state index contributed by atoms with van der Waals surface area (Å²) >= 11 is 0. The van der Waals surface area contributed by atoms with Crippen molar-refractivity contribution in [2.75, 3.05) is 20.3 Å². The van der Waals surface area contributed by atoms with Crippen LogP contribution in [-0.4, -0.2) is 37.2 Å². The molecule has 1 amide bonds. The Labute approximate surface area is 97.9 Å². The molecule has 1 heterocycles. The number of carbonyl (C=O) groups is 2. The minimum Gasteiger partial charge on any atom is -0.478 e. The standard InChI is InChI=1S/C11H13NO5/c1-16-7-6-12-11(15)9-4-2-8(17-9)3-5-10(13)14/h2-5H,6-7H2,1H3,(H,12,15)(H,13,14)/b5-3+. The van der Waals surface area contributed by atoms with E-state index < -0.39 is 5.97 Å². The number of carboxylic acid groups (broad SMARTS) is 1. The topological polar surface area (TPSA) is 88.8 Å². The second-order valence-electron chi connectivity index (χ2n) is 3.12. The fraction of sp³-hybridized carbons (Fsp3) is 0.273. The smallest absolute Gasteiger partial charge is 0.328 e. The van der Waals surface area contributed by atoms with Crippen LogP contribution in [0.1, 0.15) is 16.3 Å². The van der Waals surface area contributed by atoms with E-state index in [1.54, 1.807) is 0 Å². The number of aliphatic carboxylic acids is 1. The summed E-state index contributed by atoms with van der Waals surface area (Å²) in [4.78, 5) is 21.7. The summed E-state index contributed by atoms with van der Waals surface area (Å²) in [7, 11) is 1.54. The van der Waals surface area contributed by atoms with Crippen LogP contribution < -0.4 is 5.32 Å². The molecule has 6 heteroatoms. The van der Waals surface area contributed by atoms with Crippen molar-refractivity contribution in [1.82, 2.24) is 5.32 Å². The molecule has 0 atom stereocenters. The van der Waals surface area contributed by atoms with Crippen LogP contribution in [0.2, 0.25) is 0 Å². The maximum atomic E-state index is 11.5. The minimum absolute atomic E-state index is 0.131. The Hall–Kier alpha value is -2.08. The molecule has 0 aromatic carbocycles. The number of nitrogens with one attached hydrogen (secondary N) is 1. The molecular formula is C11H13NO5. The zero-order valence-electron chi connectivity index (χ0n) is 9.30. The lowest BCUT2D eigenvalue weighted by Gasteiger charge is -2.00. The molecular weight excluding hydrogens is 226 g/mol. The van der Waals surface area contributed by atoms with Crippen LogP contribution in [0.3, 0.4) is 0 Å². The third kappa shape index (κ3) is 4.52. The zero-order valence-corrected chi connectivity index (χ0v) is 9.30. The van der Waals surface area contributed by atoms with E-state index in [0.717, 1.165) is 6.08 Å². The van der Waals surface area contributed by atoms with Crippen molar-refractivity contribution in [3.05, 3.63) is 29.7 Å². The number of amides is 1. The zero-order chi connectivity index (χ0) is 12.7. The first-order chi connectivity index (χ1) is 8.13. The Kier molecular flexibility index (Phi) is 4.96. The molecule has 2 N–H and O–H groups in total. The van der Waals surface area contributed by atoms with Gasteiger partial charge in [-0.3, -0.25) is 4.79 Å². The van der Waals surface area contributed by atoms with E-state index in [4.69, 9.17) is 14.3 Å². The monoisotopic (exact) mass is 239 g/mol. The molecule has 0 aliphatic carbocycles. The van der Waals surface area contributed by atoms with Crippen LogP contribution in [0.4, 0.5) is 0 Å². The Bertz CT molecular complexity index is 421. The first-order valence-corrected chi connectivity index (χ1v) is 4.91. The van der Waals surface area contributed by atoms with Crippen molar-refractivity contribution < 1.29 is 23.8 Å². The molecule has 92 valence electrons. The Morgan fingerprint density at radius 3 is 2.94 bits per heavy atom. The highest BCUT2D eigenvalue weighted by Crippen LogP contribution is 2.09. The summed E-state index contributed by atoms with van der Waals surface area (Å²) < 4.78 is 9.90. The van der Waals surface area contributed by atoms with Gasteiger partial charge in [0, 0.05) is 19.7 Å². The summed E-state index contributed by atoms with van der Waals surface area (Å²) in [5, 5.41) is 11.0. The minimum atomic E-state index is -1.08. The van der Waals surface area contributed by atoms with E-state index in [2.05, 4.69) is 5.32 Å². The number of carbonyl (C=O) groups excluding carboxylic acids is 1. The number of methoxy groups -OCH3 is 1. The molecule has 1 rings (SSSR count). The van der Waals surface area contributed by atoms with E-state index in [1.165, 1.54) is 25.3 Å². The van der Waals surface area contributed by atoms with E-state index >= 15 is 0 Å². The molecule has 1 aromatic rings. The lowest BCUT2D eigenvalue weighted by Crippen LogP contribution is -2.26. The van der Waals surface area contributed by atoms with Crippen molar-refractivity contribution in [1.29, 1.82) is 0 Å². The van der Waals surface area contributed by atoms with Gasteiger partial charge >= 0.3 is 5.97 Å². The fourth-order valence-corrected chi connectivity index (χ4v) is 1.07. The van der Waals surface area contributed by atoms with Gasteiger partial charge in [0.2, 0.25) is 0 Å². The predicted octanol–water partition coefficient (Wildman–Crippen LogP) is 0.754. The second-order valence-corrected chi connectivity index (χ2v) is 3.12. The molecule has 0 aliphatic rings. The van der Waals surface area contributed by atoms with Crippen molar-refractivity contribution in [3.63, 3.8) is 0 Å². The summed E-state index contributed by atoms with van der Waals surface area (Å²) in [6, 6.07) is 2.99. The molecule has 0 radical (unpaired) electrons. The maximum Gasteiger partial charge on any atom is 0.328 e. The summed E-state index contributed by atoms with van der Waals surface area (Å²) in [6.07, 6.45) is 2.21. The highest BCUT2D eigenvalue weighted by Gasteiger charge is 2.09. The average molecular weight is 239 g/mol. The predicted molar refractivity (Wildman–Crippen MR) is 59.6 cm³/mol. The summed E-state index contributed by atoms with van der Waals surface area (Å²) in [6.45, 7) is 0.800. The molecule has 0 saturated carbocycles. The Morgan fingerprint density at radius 1 is 1.53 bits per heavy atom. The largest absolute Gasteiger partial charge is 0.478 e. The van der Waals surface area contributed by atoms with Gasteiger partial charge in [-0.15, -0.1) is 0 Å². The van der Waals surface area contributed by atoms with Gasteiger partial charge in [-0.25, -0.2) is 4.79 Å². The van der Waals surface area contributed by atoms with Crippen molar-refractivity contribution in [2.45, 2.75) is 0 Å². The molecule has 0 bridgehead atoms. The lowest BCUT2D eigenvalue weighted by molar-refractivity contribution is -0.131. The third-order valence-electron chi connectivity index (χ3n) is 1.83. The van der Waals surface area contributed by atoms with Gasteiger partial charge in [0.25, 0.3) is 5.91 Å². The number of hydrogen-bond donors (Lipinski definition) is 2. The number of hydrogen-bond acceptors (Lipinski definition) is 4. The van der Waals surface area contributed by atoms with Gasteiger partial charge in [0.1, 0.15) is 5.76 Å². The van der Waals surface area contributed by atoms with Gasteiger partial charge in [-0.05, 0) is 18.2 Å². The molecule has 0 spiro atoms. The fourth-order valence-electron chi connectivity index (χ4n) is 1.07. The van der Waals surface area contributed by atoms with E-state index in [0.29, 0.717) is 18.9 Å². The van der Waals surface area contributed by atoms with Gasteiger partial charge < -0.3 is 19.6 Å². The van der Waals surface area contributed by atoms with Crippen LogP contribution in [0.25, 0.3) is 6.08 Å². The number of furan rings is 1. The number of ether oxygens (including phenoxy) is 1. The molecule has 1 aromatic heterocycles. The average Bonchev–Trinajstić information content (AvgIpc) is 2.75. The molecule has 0 aliphatic heterocycles. The van der Waals surface area contributed by atoms with Gasteiger partial charge in [-0.2, -0.15) is 0 Å². The van der Waals surface area contributed by atoms with Crippen molar-refractivity contribution in [3.8, 4) is 0 Å². The van der Waals surface area contributed by atoms with Crippen LogP contribution >= 0.6 is 0 Å². The SMILES string of the molecule is COCCNC(=O)c1ccc(/C=C/C(=O)O)o1. The van der Waals surface area contributed by atoms with Gasteiger partial charge in [-0.1, -0.05) is 0 Å². The summed E-state index contributed by atoms with van der Waals surface area (Å²) in [5.41, 5.74) is 0. The Balaban J connectivity index is 2.55. The molecule has 6 nitrogen and oxygen atoms in total. The summed E-state index contributed by atoms with van der Waals surface area (Å²) in [5.74, 6) is -1.00. The van der Waals surface area contributed by atoms with Gasteiger partial charge in [0.05, 0.1) is 6.61 Å². The lowest BCUT2D eigenvalue weighted by atomic mass is 10.4. The van der Waals surface area contributed by atoms with Crippen molar-refractivity contribution >= 4 is 18.0 Å². The van der Waals surface area contributed by atoms with E-state index in [1.807, 2.05) is 0 Å². The Morgan fingerprint density at radius 2 is 2.29 bits per heavy atom.